The van der Waals surface area contributed by atoms with Gasteiger partial charge in [0.1, 0.15) is 5.02 Å². The van der Waals surface area contributed by atoms with Gasteiger partial charge in [0.2, 0.25) is 0 Å². The van der Waals surface area contributed by atoms with E-state index >= 15 is 0 Å². The first-order valence-corrected chi connectivity index (χ1v) is 5.73. The summed E-state index contributed by atoms with van der Waals surface area (Å²) in [5.74, 6) is 0. The molecule has 0 aliphatic carbocycles. The Hall–Kier alpha value is -1.80. The molecule has 0 amide bonds. The van der Waals surface area contributed by atoms with Crippen molar-refractivity contribution in [3.63, 3.8) is 0 Å². The molecule has 3 heteroatoms. The molecule has 0 fully saturated rings. The van der Waals surface area contributed by atoms with Crippen molar-refractivity contribution in [3.05, 3.63) is 57.8 Å². The molecule has 2 nitrogen and oxygen atoms in total. The summed E-state index contributed by atoms with van der Waals surface area (Å²) in [4.78, 5) is 11.7. The average molecular weight is 244 g/mol. The highest BCUT2D eigenvalue weighted by Crippen LogP contribution is 2.25. The highest BCUT2D eigenvalue weighted by atomic mass is 35.5. The summed E-state index contributed by atoms with van der Waals surface area (Å²) in [6.45, 7) is 0. The average Bonchev–Trinajstić information content (AvgIpc) is 2.36. The van der Waals surface area contributed by atoms with Crippen LogP contribution in [0.3, 0.4) is 0 Å². The number of halogens is 1. The third kappa shape index (κ3) is 1.45. The molecule has 3 rings (SSSR count). The van der Waals surface area contributed by atoms with Crippen LogP contribution in [0, 0.1) is 0 Å². The Morgan fingerprint density at radius 1 is 1.06 bits per heavy atom. The molecule has 1 heterocycles. The van der Waals surface area contributed by atoms with Crippen LogP contribution in [0.25, 0.3) is 21.7 Å². The molecular formula is C14H10ClNO. The van der Waals surface area contributed by atoms with E-state index in [9.17, 15) is 4.79 Å². The maximum atomic E-state index is 11.7. The second-order valence-electron chi connectivity index (χ2n) is 4.08. The summed E-state index contributed by atoms with van der Waals surface area (Å²) in [7, 11) is 1.74. The van der Waals surface area contributed by atoms with Gasteiger partial charge in [0.15, 0.2) is 0 Å². The van der Waals surface area contributed by atoms with Crippen molar-refractivity contribution in [1.29, 1.82) is 0 Å². The molecule has 0 aliphatic rings. The van der Waals surface area contributed by atoms with E-state index < -0.39 is 0 Å². The van der Waals surface area contributed by atoms with Crippen LogP contribution in [0.4, 0.5) is 0 Å². The molecular weight excluding hydrogens is 234 g/mol. The molecule has 84 valence electrons. The zero-order valence-electron chi connectivity index (χ0n) is 9.27. The van der Waals surface area contributed by atoms with Crippen LogP contribution in [0.2, 0.25) is 5.02 Å². The Kier molecular flexibility index (Phi) is 2.20. The number of aryl methyl sites for hydroxylation is 1. The lowest BCUT2D eigenvalue weighted by atomic mass is 10.1. The molecule has 0 bridgehead atoms. The first kappa shape index (κ1) is 10.4. The van der Waals surface area contributed by atoms with Gasteiger partial charge in [0, 0.05) is 12.4 Å². The Morgan fingerprint density at radius 3 is 2.65 bits per heavy atom. The van der Waals surface area contributed by atoms with Crippen LogP contribution in [0.15, 0.2) is 47.3 Å². The molecule has 17 heavy (non-hydrogen) atoms. The zero-order valence-corrected chi connectivity index (χ0v) is 10.0. The summed E-state index contributed by atoms with van der Waals surface area (Å²) in [5, 5.41) is 3.53. The topological polar surface area (TPSA) is 22.0 Å². The van der Waals surface area contributed by atoms with E-state index in [4.69, 9.17) is 11.6 Å². The molecule has 0 atom stereocenters. The van der Waals surface area contributed by atoms with Gasteiger partial charge in [-0.15, -0.1) is 0 Å². The number of fused-ring (bicyclic) bond motifs is 3. The maximum absolute atomic E-state index is 11.7. The predicted octanol–water partition coefficient (Wildman–Crippen LogP) is 3.35. The van der Waals surface area contributed by atoms with E-state index in [0.717, 1.165) is 21.7 Å². The summed E-state index contributed by atoms with van der Waals surface area (Å²) >= 11 is 5.96. The van der Waals surface area contributed by atoms with E-state index in [1.807, 2.05) is 36.4 Å². The molecule has 0 spiro atoms. The minimum atomic E-state index is -0.158. The molecule has 1 aromatic heterocycles. The van der Waals surface area contributed by atoms with Gasteiger partial charge in [-0.2, -0.15) is 0 Å². The molecule has 2 aromatic carbocycles. The van der Waals surface area contributed by atoms with E-state index in [-0.39, 0.29) is 10.6 Å². The molecule has 0 radical (unpaired) electrons. The Bertz CT molecular complexity index is 789. The predicted molar refractivity (Wildman–Crippen MR) is 71.7 cm³/mol. The van der Waals surface area contributed by atoms with Crippen molar-refractivity contribution in [1.82, 2.24) is 4.57 Å². The number of rotatable bonds is 0. The van der Waals surface area contributed by atoms with Crippen molar-refractivity contribution < 1.29 is 0 Å². The lowest BCUT2D eigenvalue weighted by molar-refractivity contribution is 0.907. The van der Waals surface area contributed by atoms with Crippen molar-refractivity contribution in [3.8, 4) is 0 Å². The summed E-state index contributed by atoms with van der Waals surface area (Å²) in [6.07, 6.45) is 0. The van der Waals surface area contributed by atoms with Crippen LogP contribution in [0.5, 0.6) is 0 Å². The number of nitrogens with zero attached hydrogens (tertiary/aromatic N) is 1. The number of hydrogen-bond donors (Lipinski definition) is 0. The molecule has 0 unspecified atom stereocenters. The SMILES string of the molecule is Cn1c(=O)c(Cl)cc2c3ccccc3ccc21. The van der Waals surface area contributed by atoms with Crippen LogP contribution >= 0.6 is 11.6 Å². The third-order valence-corrected chi connectivity index (χ3v) is 3.36. The quantitative estimate of drug-likeness (QED) is 0.555. The van der Waals surface area contributed by atoms with E-state index in [0.29, 0.717) is 0 Å². The molecule has 0 saturated heterocycles. The van der Waals surface area contributed by atoms with E-state index in [1.54, 1.807) is 17.7 Å². The standard InChI is InChI=1S/C14H10ClNO/c1-16-13-7-6-9-4-2-3-5-10(9)11(13)8-12(15)14(16)17/h2-8H,1H3. The fraction of sp³-hybridized carbons (Fsp3) is 0.0714. The molecule has 3 aromatic rings. The van der Waals surface area contributed by atoms with E-state index in [2.05, 4.69) is 0 Å². The zero-order chi connectivity index (χ0) is 12.0. The largest absolute Gasteiger partial charge is 0.310 e. The smallest absolute Gasteiger partial charge is 0.269 e. The van der Waals surface area contributed by atoms with E-state index in [1.165, 1.54) is 0 Å². The minimum absolute atomic E-state index is 0.158. The fourth-order valence-electron chi connectivity index (χ4n) is 2.19. The Labute approximate surface area is 103 Å². The lowest BCUT2D eigenvalue weighted by Crippen LogP contribution is -2.17. The van der Waals surface area contributed by atoms with Crippen LogP contribution < -0.4 is 5.56 Å². The van der Waals surface area contributed by atoms with Crippen molar-refractivity contribution in [2.24, 2.45) is 7.05 Å². The maximum Gasteiger partial charge on any atom is 0.269 e. The highest BCUT2D eigenvalue weighted by Gasteiger charge is 2.07. The second-order valence-corrected chi connectivity index (χ2v) is 4.48. The minimum Gasteiger partial charge on any atom is -0.310 e. The highest BCUT2D eigenvalue weighted by molar-refractivity contribution is 6.31. The third-order valence-electron chi connectivity index (χ3n) is 3.09. The van der Waals surface area contributed by atoms with Gasteiger partial charge in [0.05, 0.1) is 5.52 Å². The summed E-state index contributed by atoms with van der Waals surface area (Å²) in [5.41, 5.74) is 0.743. The van der Waals surface area contributed by atoms with Crippen LogP contribution in [-0.4, -0.2) is 4.57 Å². The normalized spacial score (nSPS) is 11.2. The van der Waals surface area contributed by atoms with Crippen LogP contribution in [0.1, 0.15) is 0 Å². The summed E-state index contributed by atoms with van der Waals surface area (Å²) in [6, 6.07) is 13.8. The van der Waals surface area contributed by atoms with Gasteiger partial charge < -0.3 is 4.57 Å². The van der Waals surface area contributed by atoms with Gasteiger partial charge in [0.25, 0.3) is 5.56 Å². The number of benzene rings is 2. The number of hydrogen-bond acceptors (Lipinski definition) is 1. The first-order valence-electron chi connectivity index (χ1n) is 5.35. The van der Waals surface area contributed by atoms with Crippen molar-refractivity contribution >= 4 is 33.3 Å². The fourth-order valence-corrected chi connectivity index (χ4v) is 2.42. The van der Waals surface area contributed by atoms with Crippen molar-refractivity contribution in [2.75, 3.05) is 0 Å². The van der Waals surface area contributed by atoms with Gasteiger partial charge in [-0.05, 0) is 22.9 Å². The van der Waals surface area contributed by atoms with Gasteiger partial charge in [-0.3, -0.25) is 4.79 Å². The Balaban J connectivity index is 2.64. The molecule has 0 saturated carbocycles. The monoisotopic (exact) mass is 243 g/mol. The van der Waals surface area contributed by atoms with Gasteiger partial charge >= 0.3 is 0 Å². The first-order chi connectivity index (χ1) is 8.18. The van der Waals surface area contributed by atoms with Crippen LogP contribution in [-0.2, 0) is 7.05 Å². The summed E-state index contributed by atoms with van der Waals surface area (Å²) < 4.78 is 1.59. The molecule has 0 N–H and O–H groups in total. The molecule has 0 aliphatic heterocycles. The lowest BCUT2D eigenvalue weighted by Gasteiger charge is -2.08. The van der Waals surface area contributed by atoms with Gasteiger partial charge in [-0.25, -0.2) is 0 Å². The Morgan fingerprint density at radius 2 is 1.82 bits per heavy atom. The second kappa shape index (κ2) is 3.60. The van der Waals surface area contributed by atoms with Gasteiger partial charge in [-0.1, -0.05) is 41.9 Å². The number of pyridine rings is 1. The number of aromatic nitrogens is 1. The van der Waals surface area contributed by atoms with Crippen molar-refractivity contribution in [2.45, 2.75) is 0 Å².